The summed E-state index contributed by atoms with van der Waals surface area (Å²) in [6.07, 6.45) is 0. The zero-order valence-corrected chi connectivity index (χ0v) is 28.2. The maximum absolute atomic E-state index is 13.3. The summed E-state index contributed by atoms with van der Waals surface area (Å²) in [7, 11) is 0. The summed E-state index contributed by atoms with van der Waals surface area (Å²) in [5.41, 5.74) is 12.0. The fraction of sp³-hybridized carbons (Fsp3) is 0.0625. The molecule has 2 heterocycles. The van der Waals surface area contributed by atoms with Gasteiger partial charge >= 0.3 is 0 Å². The quantitative estimate of drug-likeness (QED) is 0.0703. The van der Waals surface area contributed by atoms with Gasteiger partial charge in [-0.3, -0.25) is 51.5 Å². The van der Waals surface area contributed by atoms with Gasteiger partial charge in [-0.25, -0.2) is 9.97 Å². The minimum absolute atomic E-state index is 0.0384. The molecule has 4 aromatic carbocycles. The number of hydrazine groups is 2. The molecule has 0 radical (unpaired) electrons. The fourth-order valence-corrected chi connectivity index (χ4v) is 5.44. The van der Waals surface area contributed by atoms with E-state index in [1.165, 1.54) is 45.5 Å². The number of hydrogen-bond acceptors (Lipinski definition) is 10. The van der Waals surface area contributed by atoms with Crippen molar-refractivity contribution in [3.8, 4) is 11.6 Å². The number of non-ortho nitro benzene ring substituents is 2. The van der Waals surface area contributed by atoms with E-state index in [-0.39, 0.29) is 55.3 Å². The maximum Gasteiger partial charge on any atom is 0.271 e. The molecule has 20 heteroatoms. The second-order valence-corrected chi connectivity index (χ2v) is 11.7. The second kappa shape index (κ2) is 15.2. The van der Waals surface area contributed by atoms with Gasteiger partial charge in [0, 0.05) is 35.6 Å². The number of imidazole rings is 2. The first-order chi connectivity index (χ1) is 25.0. The predicted octanol–water partition coefficient (Wildman–Crippen LogP) is 3.91. The van der Waals surface area contributed by atoms with E-state index < -0.39 is 34.8 Å². The molecule has 52 heavy (non-hydrogen) atoms. The summed E-state index contributed by atoms with van der Waals surface area (Å²) in [5.74, 6) is -1.17. The Bertz CT molecular complexity index is 2200. The van der Waals surface area contributed by atoms with Crippen molar-refractivity contribution in [2.45, 2.75) is 13.1 Å². The van der Waals surface area contributed by atoms with Crippen LogP contribution in [0.4, 0.5) is 22.7 Å². The molecular weight excluding hydrogens is 713 g/mol. The molecule has 0 atom stereocenters. The number of benzene rings is 4. The number of amides is 2. The summed E-state index contributed by atoms with van der Waals surface area (Å²) >= 11 is 10.5. The number of rotatable bonds is 9. The summed E-state index contributed by atoms with van der Waals surface area (Å²) in [5, 5.41) is 29.4. The number of nitro groups is 2. The number of carbonyl (C=O) groups is 2. The number of fused-ring (bicyclic) bond motifs is 2. The zero-order chi connectivity index (χ0) is 36.8. The average Bonchev–Trinajstić information content (AvgIpc) is 3.67. The highest BCUT2D eigenvalue weighted by Crippen LogP contribution is 2.31. The molecule has 18 nitrogen and oxygen atoms in total. The molecule has 2 aromatic heterocycles. The molecule has 0 fully saturated rings. The topological polar surface area (TPSA) is 228 Å². The number of hydrogen-bond donors (Lipinski definition) is 6. The number of para-hydroxylation sites is 2. The third-order valence-corrected chi connectivity index (χ3v) is 7.79. The molecular formula is C32H26N12O6S2. The van der Waals surface area contributed by atoms with Crippen molar-refractivity contribution >= 4 is 91.3 Å². The van der Waals surface area contributed by atoms with E-state index in [2.05, 4.69) is 42.3 Å². The van der Waals surface area contributed by atoms with E-state index in [1.807, 2.05) is 12.1 Å². The Labute approximate surface area is 303 Å². The number of nitro benzene ring substituents is 2. The van der Waals surface area contributed by atoms with Crippen molar-refractivity contribution in [1.82, 2.24) is 40.8 Å². The van der Waals surface area contributed by atoms with Crippen LogP contribution in [0.2, 0.25) is 0 Å². The molecule has 0 aliphatic heterocycles. The van der Waals surface area contributed by atoms with Crippen LogP contribution in [-0.4, -0.2) is 51.0 Å². The van der Waals surface area contributed by atoms with Crippen LogP contribution >= 0.6 is 24.4 Å². The Balaban J connectivity index is 1.33. The summed E-state index contributed by atoms with van der Waals surface area (Å²) < 4.78 is 2.77. The number of nitrogens with zero attached hydrogens (tertiary/aromatic N) is 6. The lowest BCUT2D eigenvalue weighted by molar-refractivity contribution is -0.384. The highest BCUT2D eigenvalue weighted by Gasteiger charge is 2.25. The van der Waals surface area contributed by atoms with Gasteiger partial charge in [-0.1, -0.05) is 36.4 Å². The Morgan fingerprint density at radius 3 is 1.35 bits per heavy atom. The Morgan fingerprint density at radius 1 is 0.596 bits per heavy atom. The van der Waals surface area contributed by atoms with Crippen LogP contribution in [0.15, 0.2) is 97.1 Å². The van der Waals surface area contributed by atoms with Gasteiger partial charge < -0.3 is 19.8 Å². The largest absolute Gasteiger partial charge is 0.331 e. The van der Waals surface area contributed by atoms with Gasteiger partial charge in [0.2, 0.25) is 0 Å². The summed E-state index contributed by atoms with van der Waals surface area (Å²) in [6.45, 7) is -0.880. The van der Waals surface area contributed by atoms with E-state index in [9.17, 15) is 29.8 Å². The number of anilines is 2. The van der Waals surface area contributed by atoms with Crippen molar-refractivity contribution in [3.63, 3.8) is 0 Å². The molecule has 0 bridgehead atoms. The van der Waals surface area contributed by atoms with E-state index in [1.54, 1.807) is 48.5 Å². The number of thiocarbonyl (C=S) groups is 2. The normalized spacial score (nSPS) is 10.7. The van der Waals surface area contributed by atoms with Crippen LogP contribution in [-0.2, 0) is 22.7 Å². The van der Waals surface area contributed by atoms with Crippen LogP contribution in [0.25, 0.3) is 33.7 Å². The van der Waals surface area contributed by atoms with Crippen molar-refractivity contribution in [3.05, 3.63) is 117 Å². The predicted molar refractivity (Wildman–Crippen MR) is 200 cm³/mol. The van der Waals surface area contributed by atoms with Gasteiger partial charge in [0.1, 0.15) is 13.1 Å². The molecule has 0 aliphatic carbocycles. The minimum atomic E-state index is -0.621. The van der Waals surface area contributed by atoms with Gasteiger partial charge in [-0.2, -0.15) is 0 Å². The third-order valence-electron chi connectivity index (χ3n) is 7.38. The summed E-state index contributed by atoms with van der Waals surface area (Å²) in [6, 6.07) is 25.8. The maximum atomic E-state index is 13.3. The van der Waals surface area contributed by atoms with E-state index in [4.69, 9.17) is 24.4 Å². The average molecular weight is 739 g/mol. The molecule has 0 saturated heterocycles. The van der Waals surface area contributed by atoms with Gasteiger partial charge in [0.25, 0.3) is 23.2 Å². The smallest absolute Gasteiger partial charge is 0.271 e. The number of aromatic nitrogens is 4. The number of nitrogens with one attached hydrogen (secondary N) is 6. The van der Waals surface area contributed by atoms with Crippen LogP contribution in [0, 0.1) is 20.2 Å². The first-order valence-electron chi connectivity index (χ1n) is 15.2. The van der Waals surface area contributed by atoms with Crippen LogP contribution in [0.5, 0.6) is 0 Å². The lowest BCUT2D eigenvalue weighted by atomic mass is 10.3. The SMILES string of the molecule is O=C(Cn1c(-c2nc3ccc([N+](=O)[O-])cc3n2CC(=O)NNC(=S)Nc2ccccc2)nc2ccc([N+](=O)[O-])cc21)NNC(=S)Nc1ccccc1. The molecule has 0 spiro atoms. The molecule has 262 valence electrons. The minimum Gasteiger partial charge on any atom is -0.331 e. The molecule has 0 unspecified atom stereocenters. The van der Waals surface area contributed by atoms with Gasteiger partial charge in [-0.15, -0.1) is 0 Å². The van der Waals surface area contributed by atoms with Gasteiger partial charge in [0.05, 0.1) is 31.9 Å². The van der Waals surface area contributed by atoms with E-state index in [0.717, 1.165) is 0 Å². The molecule has 0 aliphatic rings. The standard InChI is InChI=1S/C32H26N12O6S2/c45-27(37-39-31(51)33-19-7-3-1-4-8-19)17-41-25-15-21(43(47)48)11-13-23(25)35-29(41)30-36-24-14-12-22(44(49)50)16-26(24)42(30)18-28(46)38-40-32(52)34-20-9-5-2-6-10-20/h1-16H,17-18H2,(H,37,45)(H,38,46)(H2,33,39,51)(H2,34,40,52). The van der Waals surface area contributed by atoms with E-state index >= 15 is 0 Å². The fourth-order valence-electron chi connectivity index (χ4n) is 5.10. The summed E-state index contributed by atoms with van der Waals surface area (Å²) in [4.78, 5) is 58.1. The molecule has 2 amide bonds. The zero-order valence-electron chi connectivity index (χ0n) is 26.6. The first-order valence-corrected chi connectivity index (χ1v) is 16.0. The highest BCUT2D eigenvalue weighted by atomic mass is 32.1. The van der Waals surface area contributed by atoms with Crippen LogP contribution in [0.1, 0.15) is 0 Å². The van der Waals surface area contributed by atoms with Crippen molar-refractivity contribution in [1.29, 1.82) is 0 Å². The lowest BCUT2D eigenvalue weighted by Crippen LogP contribution is -2.45. The Hall–Kier alpha value is -7.06. The van der Waals surface area contributed by atoms with E-state index in [0.29, 0.717) is 11.4 Å². The third kappa shape index (κ3) is 8.04. The van der Waals surface area contributed by atoms with Crippen LogP contribution in [0.3, 0.4) is 0 Å². The number of carbonyl (C=O) groups excluding carboxylic acids is 2. The van der Waals surface area contributed by atoms with Crippen molar-refractivity contribution in [2.24, 2.45) is 0 Å². The van der Waals surface area contributed by atoms with Gasteiger partial charge in [-0.05, 0) is 60.8 Å². The molecule has 6 N–H and O–H groups in total. The highest BCUT2D eigenvalue weighted by molar-refractivity contribution is 7.80. The second-order valence-electron chi connectivity index (χ2n) is 10.9. The molecule has 6 aromatic rings. The van der Waals surface area contributed by atoms with Crippen LogP contribution < -0.4 is 32.3 Å². The molecule has 0 saturated carbocycles. The lowest BCUT2D eigenvalue weighted by Gasteiger charge is -2.15. The Morgan fingerprint density at radius 2 is 0.981 bits per heavy atom. The van der Waals surface area contributed by atoms with Gasteiger partial charge in [0.15, 0.2) is 21.9 Å². The molecule has 6 rings (SSSR count). The monoisotopic (exact) mass is 738 g/mol. The van der Waals surface area contributed by atoms with Crippen molar-refractivity contribution in [2.75, 3.05) is 10.6 Å². The van der Waals surface area contributed by atoms with Crippen molar-refractivity contribution < 1.29 is 19.4 Å². The Kier molecular flexibility index (Phi) is 10.2. The first kappa shape index (κ1) is 34.8.